The zero-order valence-electron chi connectivity index (χ0n) is 20.1. The van der Waals surface area contributed by atoms with E-state index in [1.807, 2.05) is 4.90 Å². The predicted molar refractivity (Wildman–Crippen MR) is 133 cm³/mol. The number of anilines is 3. The third-order valence-corrected chi connectivity index (χ3v) is 8.39. The summed E-state index contributed by atoms with van der Waals surface area (Å²) in [5, 5.41) is 13.4. The van der Waals surface area contributed by atoms with Crippen LogP contribution in [-0.4, -0.2) is 60.8 Å². The molecule has 0 aromatic carbocycles. The second kappa shape index (κ2) is 8.94. The van der Waals surface area contributed by atoms with Crippen molar-refractivity contribution in [2.75, 3.05) is 34.8 Å². The lowest BCUT2D eigenvalue weighted by Crippen LogP contribution is -2.41. The van der Waals surface area contributed by atoms with E-state index >= 15 is 0 Å². The highest BCUT2D eigenvalue weighted by molar-refractivity contribution is 7.90. The van der Waals surface area contributed by atoms with Crippen LogP contribution in [0.3, 0.4) is 0 Å². The SMILES string of the molecule is CC1(C)C[C@@H]2CCCNc3cccc(n3)S(=O)(=O)NC(=O)c3ccc(N4CCCC4O)nc3N1C2. The molecule has 1 amide bonds. The molecule has 10 nitrogen and oxygen atoms in total. The van der Waals surface area contributed by atoms with E-state index in [0.717, 1.165) is 25.7 Å². The van der Waals surface area contributed by atoms with Crippen LogP contribution in [0.2, 0.25) is 0 Å². The molecule has 2 fully saturated rings. The zero-order valence-corrected chi connectivity index (χ0v) is 20.9. The standard InChI is InChI=1S/C24H32N6O4S/c1-24(2)14-16-6-4-12-25-18-7-3-8-20(26-18)35(33,34)28-23(32)17-10-11-19(27-22(17)30(24)15-16)29-13-5-9-21(29)31/h3,7-8,10-11,16,21,31H,4-6,9,12-15H2,1-2H3,(H,25,26)(H,28,32)/t16-,21?/m0/s1. The number of sulfonamides is 1. The maximum Gasteiger partial charge on any atom is 0.281 e. The molecule has 2 aromatic heterocycles. The Morgan fingerprint density at radius 2 is 1.94 bits per heavy atom. The monoisotopic (exact) mass is 500 g/mol. The molecule has 0 aliphatic carbocycles. The van der Waals surface area contributed by atoms with E-state index in [2.05, 4.69) is 33.8 Å². The summed E-state index contributed by atoms with van der Waals surface area (Å²) in [6.07, 6.45) is 3.72. The Morgan fingerprint density at radius 1 is 1.11 bits per heavy atom. The molecular weight excluding hydrogens is 468 g/mol. The summed E-state index contributed by atoms with van der Waals surface area (Å²) in [5.74, 6) is 1.13. The average molecular weight is 501 g/mol. The maximum absolute atomic E-state index is 13.4. The van der Waals surface area contributed by atoms with Crippen molar-refractivity contribution in [1.82, 2.24) is 14.7 Å². The third kappa shape index (κ3) is 4.66. The van der Waals surface area contributed by atoms with Gasteiger partial charge in [-0.05, 0) is 76.1 Å². The molecule has 0 saturated carbocycles. The van der Waals surface area contributed by atoms with Gasteiger partial charge in [-0.25, -0.2) is 14.7 Å². The minimum absolute atomic E-state index is 0.184. The quantitative estimate of drug-likeness (QED) is 0.540. The summed E-state index contributed by atoms with van der Waals surface area (Å²) in [6.45, 7) is 6.31. The van der Waals surface area contributed by atoms with Gasteiger partial charge >= 0.3 is 0 Å². The Labute approximate surface area is 205 Å². The Bertz CT molecular complexity index is 1230. The van der Waals surface area contributed by atoms with E-state index in [1.165, 1.54) is 6.07 Å². The zero-order chi connectivity index (χ0) is 24.8. The molecule has 11 heteroatoms. The van der Waals surface area contributed by atoms with Crippen molar-refractivity contribution in [2.24, 2.45) is 5.92 Å². The van der Waals surface area contributed by atoms with Crippen molar-refractivity contribution in [3.63, 3.8) is 0 Å². The molecule has 3 N–H and O–H groups in total. The topological polar surface area (TPSA) is 128 Å². The van der Waals surface area contributed by atoms with E-state index in [1.54, 1.807) is 24.3 Å². The Kier molecular flexibility index (Phi) is 6.08. The van der Waals surface area contributed by atoms with E-state index in [9.17, 15) is 18.3 Å². The minimum atomic E-state index is -4.20. The van der Waals surface area contributed by atoms with Crippen LogP contribution in [0.15, 0.2) is 35.4 Å². The maximum atomic E-state index is 13.4. The number of amides is 1. The first kappa shape index (κ1) is 23.8. The van der Waals surface area contributed by atoms with E-state index in [-0.39, 0.29) is 16.1 Å². The van der Waals surface area contributed by atoms with Gasteiger partial charge < -0.3 is 20.2 Å². The number of hydrogen-bond donors (Lipinski definition) is 3. The molecule has 3 aliphatic rings. The van der Waals surface area contributed by atoms with Crippen LogP contribution in [0, 0.1) is 5.92 Å². The molecule has 3 aliphatic heterocycles. The summed E-state index contributed by atoms with van der Waals surface area (Å²) >= 11 is 0. The summed E-state index contributed by atoms with van der Waals surface area (Å²) < 4.78 is 28.3. The highest BCUT2D eigenvalue weighted by Gasteiger charge is 2.41. The van der Waals surface area contributed by atoms with Crippen LogP contribution < -0.4 is 19.8 Å². The second-order valence-corrected chi connectivity index (χ2v) is 11.8. The highest BCUT2D eigenvalue weighted by Crippen LogP contribution is 2.40. The van der Waals surface area contributed by atoms with Crippen molar-refractivity contribution in [1.29, 1.82) is 0 Å². The van der Waals surface area contributed by atoms with Gasteiger partial charge in [-0.3, -0.25) is 4.79 Å². The number of fused-ring (bicyclic) bond motifs is 6. The van der Waals surface area contributed by atoms with Gasteiger partial charge in [0.2, 0.25) is 0 Å². The Morgan fingerprint density at radius 3 is 2.71 bits per heavy atom. The fourth-order valence-electron chi connectivity index (χ4n) is 5.45. The van der Waals surface area contributed by atoms with Crippen LogP contribution >= 0.6 is 0 Å². The molecule has 0 radical (unpaired) electrons. The van der Waals surface area contributed by atoms with E-state index < -0.39 is 22.2 Å². The number of aromatic nitrogens is 2. The van der Waals surface area contributed by atoms with E-state index in [4.69, 9.17) is 4.98 Å². The molecule has 4 bridgehead atoms. The molecule has 5 heterocycles. The Hall–Kier alpha value is -2.92. The van der Waals surface area contributed by atoms with Gasteiger partial charge in [0.25, 0.3) is 15.9 Å². The first-order valence-electron chi connectivity index (χ1n) is 12.2. The van der Waals surface area contributed by atoms with Gasteiger partial charge in [-0.1, -0.05) is 6.07 Å². The van der Waals surface area contributed by atoms with Crippen LogP contribution in [0.5, 0.6) is 0 Å². The summed E-state index contributed by atoms with van der Waals surface area (Å²) in [5.41, 5.74) is -0.0895. The second-order valence-electron chi connectivity index (χ2n) is 10.2. The van der Waals surface area contributed by atoms with Gasteiger partial charge in [0, 0.05) is 25.2 Å². The number of aliphatic hydroxyl groups is 1. The van der Waals surface area contributed by atoms with Crippen molar-refractivity contribution >= 4 is 33.4 Å². The molecule has 1 unspecified atom stereocenters. The van der Waals surface area contributed by atoms with Crippen molar-refractivity contribution in [3.8, 4) is 0 Å². The predicted octanol–water partition coefficient (Wildman–Crippen LogP) is 2.32. The Balaban J connectivity index is 1.59. The average Bonchev–Trinajstić information content (AvgIpc) is 3.37. The normalized spacial score (nSPS) is 25.7. The largest absolute Gasteiger partial charge is 0.374 e. The number of hydrogen-bond acceptors (Lipinski definition) is 9. The summed E-state index contributed by atoms with van der Waals surface area (Å²) in [6, 6.07) is 7.97. The molecule has 2 atom stereocenters. The van der Waals surface area contributed by atoms with Crippen molar-refractivity contribution < 1.29 is 18.3 Å². The van der Waals surface area contributed by atoms with Crippen molar-refractivity contribution in [2.45, 2.75) is 62.7 Å². The number of carbonyl (C=O) groups excluding carboxylic acids is 1. The lowest BCUT2D eigenvalue weighted by Gasteiger charge is -2.34. The molecule has 5 rings (SSSR count). The molecule has 2 aromatic rings. The first-order valence-corrected chi connectivity index (χ1v) is 13.6. The third-order valence-electron chi connectivity index (χ3n) is 7.16. The van der Waals surface area contributed by atoms with Crippen LogP contribution in [-0.2, 0) is 10.0 Å². The molecule has 2 saturated heterocycles. The molecule has 35 heavy (non-hydrogen) atoms. The summed E-state index contributed by atoms with van der Waals surface area (Å²) in [4.78, 5) is 26.4. The van der Waals surface area contributed by atoms with Gasteiger partial charge in [0.15, 0.2) is 5.03 Å². The fourth-order valence-corrected chi connectivity index (χ4v) is 6.38. The number of aliphatic hydroxyl groups excluding tert-OH is 1. The lowest BCUT2D eigenvalue weighted by atomic mass is 9.93. The van der Waals surface area contributed by atoms with Crippen molar-refractivity contribution in [3.05, 3.63) is 35.9 Å². The number of rotatable bonds is 1. The molecule has 0 spiro atoms. The van der Waals surface area contributed by atoms with Crippen LogP contribution in [0.1, 0.15) is 56.3 Å². The summed E-state index contributed by atoms with van der Waals surface area (Å²) in [7, 11) is -4.20. The number of nitrogens with zero attached hydrogens (tertiary/aromatic N) is 4. The number of nitrogens with one attached hydrogen (secondary N) is 2. The lowest BCUT2D eigenvalue weighted by molar-refractivity contribution is 0.0981. The number of pyridine rings is 2. The van der Waals surface area contributed by atoms with Gasteiger partial charge in [-0.15, -0.1) is 0 Å². The highest BCUT2D eigenvalue weighted by atomic mass is 32.2. The van der Waals surface area contributed by atoms with Gasteiger partial charge in [-0.2, -0.15) is 8.42 Å². The van der Waals surface area contributed by atoms with Gasteiger partial charge in [0.05, 0.1) is 5.56 Å². The molecular formula is C24H32N6O4S. The van der Waals surface area contributed by atoms with Crippen LogP contribution in [0.25, 0.3) is 0 Å². The smallest absolute Gasteiger partial charge is 0.281 e. The fraction of sp³-hybridized carbons (Fsp3) is 0.542. The minimum Gasteiger partial charge on any atom is -0.374 e. The van der Waals surface area contributed by atoms with Crippen LogP contribution in [0.4, 0.5) is 17.5 Å². The van der Waals surface area contributed by atoms with Gasteiger partial charge in [0.1, 0.15) is 23.7 Å². The number of carbonyl (C=O) groups is 1. The van der Waals surface area contributed by atoms with E-state index in [0.29, 0.717) is 49.4 Å². The first-order chi connectivity index (χ1) is 16.6. The molecule has 188 valence electrons.